The van der Waals surface area contributed by atoms with E-state index in [1.165, 1.54) is 4.57 Å². The van der Waals surface area contributed by atoms with Gasteiger partial charge in [-0.2, -0.15) is 0 Å². The molecule has 1 aromatic heterocycles. The number of nitrogens with zero attached hydrogens (tertiary/aromatic N) is 1. The van der Waals surface area contributed by atoms with Gasteiger partial charge >= 0.3 is 5.69 Å². The topological polar surface area (TPSA) is 91.8 Å². The molecule has 0 amide bonds. The highest BCUT2D eigenvalue weighted by Gasteiger charge is 2.47. The Hall–Kier alpha value is -3.76. The molecular formula is C36H44N2O6Si. The van der Waals surface area contributed by atoms with Crippen molar-refractivity contribution in [1.29, 1.82) is 0 Å². The maximum absolute atomic E-state index is 13.0. The number of methoxy groups -OCH3 is 1. The zero-order valence-corrected chi connectivity index (χ0v) is 28.2. The summed E-state index contributed by atoms with van der Waals surface area (Å²) in [4.78, 5) is 27.6. The molecule has 1 aliphatic rings. The van der Waals surface area contributed by atoms with E-state index in [-0.39, 0.29) is 5.04 Å². The third kappa shape index (κ3) is 6.62. The van der Waals surface area contributed by atoms with Crippen LogP contribution in [0, 0.1) is 6.92 Å². The minimum absolute atomic E-state index is 0.00471. The van der Waals surface area contributed by atoms with Crippen molar-refractivity contribution in [2.75, 3.05) is 13.7 Å². The molecule has 5 rings (SSSR count). The van der Waals surface area contributed by atoms with E-state index < -0.39 is 43.6 Å². The van der Waals surface area contributed by atoms with Gasteiger partial charge in [-0.15, -0.1) is 0 Å². The van der Waals surface area contributed by atoms with Crippen LogP contribution in [0.1, 0.15) is 55.7 Å². The largest absolute Gasteiger partial charge is 0.497 e. The molecule has 0 bridgehead atoms. The van der Waals surface area contributed by atoms with Gasteiger partial charge in [0.05, 0.1) is 19.8 Å². The lowest BCUT2D eigenvalue weighted by atomic mass is 9.79. The first-order valence-corrected chi connectivity index (χ1v) is 18.3. The Labute approximate surface area is 266 Å². The van der Waals surface area contributed by atoms with Gasteiger partial charge in [0.2, 0.25) is 0 Å². The van der Waals surface area contributed by atoms with Gasteiger partial charge in [-0.3, -0.25) is 14.3 Å². The monoisotopic (exact) mass is 628 g/mol. The molecule has 9 heteroatoms. The Bertz CT molecular complexity index is 1650. The quantitative estimate of drug-likeness (QED) is 0.158. The predicted molar refractivity (Wildman–Crippen MR) is 178 cm³/mol. The van der Waals surface area contributed by atoms with Crippen LogP contribution in [-0.2, 0) is 19.5 Å². The molecule has 0 spiro atoms. The minimum Gasteiger partial charge on any atom is -0.497 e. The Morgan fingerprint density at radius 1 is 0.889 bits per heavy atom. The summed E-state index contributed by atoms with van der Waals surface area (Å²) in [5, 5.41) is -0.00471. The van der Waals surface area contributed by atoms with Crippen LogP contribution in [0.3, 0.4) is 0 Å². The Morgan fingerprint density at radius 3 is 1.98 bits per heavy atom. The van der Waals surface area contributed by atoms with Crippen LogP contribution in [-0.4, -0.2) is 43.8 Å². The molecule has 0 aliphatic carbocycles. The van der Waals surface area contributed by atoms with E-state index in [4.69, 9.17) is 18.6 Å². The molecule has 3 atom stereocenters. The average Bonchev–Trinajstić information content (AvgIpc) is 3.43. The van der Waals surface area contributed by atoms with E-state index in [0.717, 1.165) is 22.4 Å². The van der Waals surface area contributed by atoms with Crippen molar-refractivity contribution >= 4 is 8.32 Å². The molecule has 45 heavy (non-hydrogen) atoms. The van der Waals surface area contributed by atoms with E-state index in [2.05, 4.69) is 63.1 Å². The smallest absolute Gasteiger partial charge is 0.330 e. The normalized spacial score (nSPS) is 19.0. The number of aryl methyl sites for hydroxylation is 1. The van der Waals surface area contributed by atoms with Gasteiger partial charge in [0.15, 0.2) is 8.32 Å². The first kappa shape index (κ1) is 32.6. The van der Waals surface area contributed by atoms with Gasteiger partial charge in [0.25, 0.3) is 5.56 Å². The number of aromatic nitrogens is 2. The second kappa shape index (κ2) is 12.9. The van der Waals surface area contributed by atoms with Gasteiger partial charge in [0, 0.05) is 18.2 Å². The van der Waals surface area contributed by atoms with Crippen LogP contribution in [0.25, 0.3) is 0 Å². The molecule has 1 aliphatic heterocycles. The summed E-state index contributed by atoms with van der Waals surface area (Å²) >= 11 is 0. The number of rotatable bonds is 10. The lowest BCUT2D eigenvalue weighted by Gasteiger charge is -2.40. The highest BCUT2D eigenvalue weighted by Crippen LogP contribution is 2.45. The van der Waals surface area contributed by atoms with Crippen LogP contribution >= 0.6 is 0 Å². The predicted octanol–water partition coefficient (Wildman–Crippen LogP) is 6.54. The number of hydrogen-bond donors (Lipinski definition) is 1. The maximum Gasteiger partial charge on any atom is 0.330 e. The summed E-state index contributed by atoms with van der Waals surface area (Å²) in [5.74, 6) is 0.742. The number of H-pyrrole nitrogens is 1. The third-order valence-electron chi connectivity index (χ3n) is 9.24. The molecular weight excluding hydrogens is 584 g/mol. The van der Waals surface area contributed by atoms with Gasteiger partial charge in [-0.25, -0.2) is 4.79 Å². The molecule has 0 unspecified atom stereocenters. The van der Waals surface area contributed by atoms with Crippen molar-refractivity contribution in [3.63, 3.8) is 0 Å². The Balaban J connectivity index is 1.64. The highest BCUT2D eigenvalue weighted by atomic mass is 28.4. The molecule has 2 heterocycles. The lowest BCUT2D eigenvalue weighted by molar-refractivity contribution is -0.0977. The SMILES string of the molecule is COc1ccc(C(O[C@H]2C[C@H](n3cc(C)c(=O)[nH]c3=O)O[C@@H]2CO[Si](C)(C)C(C)(C)C)(c2ccccc2)c2ccccc2)cc1. The number of ether oxygens (including phenoxy) is 3. The molecule has 1 N–H and O–H groups in total. The molecule has 238 valence electrons. The van der Waals surface area contributed by atoms with Crippen molar-refractivity contribution < 1.29 is 18.6 Å². The van der Waals surface area contributed by atoms with Gasteiger partial charge in [0.1, 0.15) is 23.7 Å². The zero-order valence-electron chi connectivity index (χ0n) is 27.2. The van der Waals surface area contributed by atoms with Crippen molar-refractivity contribution in [2.45, 2.75) is 76.3 Å². The Morgan fingerprint density at radius 2 is 1.44 bits per heavy atom. The first-order chi connectivity index (χ1) is 21.4. The standard InChI is InChI=1S/C36H44N2O6Si/c1-25-23-38(34(40)37-33(25)39)32-22-30(31(43-32)24-42-45(6,7)35(2,3)4)44-36(26-14-10-8-11-15-26,27-16-12-9-13-17-27)28-18-20-29(41-5)21-19-28/h8-21,23,30-32H,22,24H2,1-7H3,(H,37,39,40)/t30-,31+,32+/m0/s1. The van der Waals surface area contributed by atoms with Crippen molar-refractivity contribution in [2.24, 2.45) is 0 Å². The number of hydrogen-bond acceptors (Lipinski definition) is 6. The van der Waals surface area contributed by atoms with Crippen molar-refractivity contribution in [3.05, 3.63) is 134 Å². The van der Waals surface area contributed by atoms with E-state index >= 15 is 0 Å². The third-order valence-corrected chi connectivity index (χ3v) is 13.7. The molecule has 1 fully saturated rings. The average molecular weight is 629 g/mol. The fourth-order valence-corrected chi connectivity index (χ4v) is 6.57. The summed E-state index contributed by atoms with van der Waals surface area (Å²) < 4.78 is 27.7. The van der Waals surface area contributed by atoms with Crippen LogP contribution in [0.15, 0.2) is 101 Å². The van der Waals surface area contributed by atoms with E-state index in [1.807, 2.05) is 60.7 Å². The molecule has 3 aromatic carbocycles. The van der Waals surface area contributed by atoms with Gasteiger partial charge in [-0.1, -0.05) is 93.6 Å². The van der Waals surface area contributed by atoms with E-state index in [9.17, 15) is 9.59 Å². The molecule has 1 saturated heterocycles. The number of aromatic amines is 1. The number of nitrogens with one attached hydrogen (secondary N) is 1. The zero-order chi connectivity index (χ0) is 32.4. The summed E-state index contributed by atoms with van der Waals surface area (Å²) in [6.45, 7) is 13.0. The van der Waals surface area contributed by atoms with E-state index in [1.54, 1.807) is 20.2 Å². The minimum atomic E-state index is -2.16. The van der Waals surface area contributed by atoms with Crippen LogP contribution in [0.2, 0.25) is 18.1 Å². The molecule has 8 nitrogen and oxygen atoms in total. The second-order valence-electron chi connectivity index (χ2n) is 13.2. The van der Waals surface area contributed by atoms with Crippen LogP contribution < -0.4 is 16.0 Å². The maximum atomic E-state index is 13.0. The van der Waals surface area contributed by atoms with Gasteiger partial charge in [-0.05, 0) is 53.9 Å². The van der Waals surface area contributed by atoms with E-state index in [0.29, 0.717) is 18.6 Å². The van der Waals surface area contributed by atoms with Gasteiger partial charge < -0.3 is 18.6 Å². The fraction of sp³-hybridized carbons (Fsp3) is 0.389. The summed E-state index contributed by atoms with van der Waals surface area (Å²) in [5.41, 5.74) is 1.29. The molecule has 4 aromatic rings. The second-order valence-corrected chi connectivity index (χ2v) is 18.0. The summed E-state index contributed by atoms with van der Waals surface area (Å²) in [6, 6.07) is 28.2. The lowest BCUT2D eigenvalue weighted by Crippen LogP contribution is -2.46. The highest BCUT2D eigenvalue weighted by molar-refractivity contribution is 6.74. The van der Waals surface area contributed by atoms with Crippen molar-refractivity contribution in [1.82, 2.24) is 9.55 Å². The summed E-state index contributed by atoms with van der Waals surface area (Å²) in [7, 11) is -0.508. The first-order valence-electron chi connectivity index (χ1n) is 15.4. The Kier molecular flexibility index (Phi) is 9.37. The van der Waals surface area contributed by atoms with Crippen molar-refractivity contribution in [3.8, 4) is 5.75 Å². The van der Waals surface area contributed by atoms with Crippen LogP contribution in [0.4, 0.5) is 0 Å². The molecule has 0 radical (unpaired) electrons. The fourth-order valence-electron chi connectivity index (χ4n) is 5.55. The number of benzene rings is 3. The molecule has 0 saturated carbocycles. The summed E-state index contributed by atoms with van der Waals surface area (Å²) in [6.07, 6.45) is 0.292. The van der Waals surface area contributed by atoms with Crippen LogP contribution in [0.5, 0.6) is 5.75 Å².